The molecule has 28 heavy (non-hydrogen) atoms. The van der Waals surface area contributed by atoms with Crippen LogP contribution in [0.5, 0.6) is 0 Å². The fourth-order valence-corrected chi connectivity index (χ4v) is 4.03. The van der Waals surface area contributed by atoms with Crippen molar-refractivity contribution >= 4 is 23.5 Å². The third-order valence-electron chi connectivity index (χ3n) is 4.72. The van der Waals surface area contributed by atoms with Crippen molar-refractivity contribution in [3.8, 4) is 11.1 Å². The number of aromatic nitrogens is 2. The minimum absolute atomic E-state index is 0.103. The van der Waals surface area contributed by atoms with Gasteiger partial charge in [-0.3, -0.25) is 9.78 Å². The van der Waals surface area contributed by atoms with Crippen LogP contribution in [0.15, 0.2) is 67.0 Å². The molecular formula is C22H22N4OS. The van der Waals surface area contributed by atoms with Crippen LogP contribution >= 0.6 is 11.8 Å². The summed E-state index contributed by atoms with van der Waals surface area (Å²) in [6.07, 6.45) is 3.63. The maximum absolute atomic E-state index is 12.3. The zero-order valence-electron chi connectivity index (χ0n) is 15.5. The van der Waals surface area contributed by atoms with Gasteiger partial charge in [-0.25, -0.2) is 4.98 Å². The Balaban J connectivity index is 1.39. The molecular weight excluding hydrogens is 368 g/mol. The number of hydrogen-bond acceptors (Lipinski definition) is 5. The van der Waals surface area contributed by atoms with Gasteiger partial charge in [0.25, 0.3) is 5.91 Å². The maximum Gasteiger partial charge on any atom is 0.251 e. The number of thioether (sulfide) groups is 1. The first kappa shape index (κ1) is 18.5. The lowest BCUT2D eigenvalue weighted by atomic mass is 10.1. The SMILES string of the molecule is O=C(NCc1ccccn1)c1ccc(-c2ccc(N3CCSCC3)nc2)cc1. The van der Waals surface area contributed by atoms with Gasteiger partial charge >= 0.3 is 0 Å². The van der Waals surface area contributed by atoms with E-state index < -0.39 is 0 Å². The molecule has 3 aromatic rings. The van der Waals surface area contributed by atoms with Crippen molar-refractivity contribution in [1.82, 2.24) is 15.3 Å². The van der Waals surface area contributed by atoms with Crippen molar-refractivity contribution in [2.45, 2.75) is 6.54 Å². The number of nitrogens with one attached hydrogen (secondary N) is 1. The molecule has 1 aromatic carbocycles. The Kier molecular flexibility index (Phi) is 5.87. The summed E-state index contributed by atoms with van der Waals surface area (Å²) in [4.78, 5) is 23.5. The number of hydrogen-bond donors (Lipinski definition) is 1. The highest BCUT2D eigenvalue weighted by Crippen LogP contribution is 2.23. The van der Waals surface area contributed by atoms with E-state index in [1.165, 1.54) is 0 Å². The molecule has 1 saturated heterocycles. The minimum Gasteiger partial charge on any atom is -0.355 e. The summed E-state index contributed by atoms with van der Waals surface area (Å²) in [6, 6.07) is 17.5. The molecule has 1 aliphatic heterocycles. The fraction of sp³-hybridized carbons (Fsp3) is 0.227. The summed E-state index contributed by atoms with van der Waals surface area (Å²) in [5.41, 5.74) is 3.58. The molecule has 0 aliphatic carbocycles. The molecule has 3 heterocycles. The Hall–Kier alpha value is -2.86. The topological polar surface area (TPSA) is 58.1 Å². The van der Waals surface area contributed by atoms with E-state index in [4.69, 9.17) is 0 Å². The van der Waals surface area contributed by atoms with Gasteiger partial charge in [0.05, 0.1) is 12.2 Å². The average molecular weight is 391 g/mol. The number of nitrogens with zero attached hydrogens (tertiary/aromatic N) is 3. The van der Waals surface area contributed by atoms with Crippen LogP contribution in [0.2, 0.25) is 0 Å². The Labute approximate surface area is 169 Å². The molecule has 0 radical (unpaired) electrons. The van der Waals surface area contributed by atoms with E-state index in [0.717, 1.165) is 47.2 Å². The lowest BCUT2D eigenvalue weighted by Crippen LogP contribution is -2.32. The molecule has 1 amide bonds. The van der Waals surface area contributed by atoms with Crippen molar-refractivity contribution in [3.63, 3.8) is 0 Å². The molecule has 1 aliphatic rings. The summed E-state index contributed by atoms with van der Waals surface area (Å²) < 4.78 is 0. The molecule has 2 aromatic heterocycles. The van der Waals surface area contributed by atoms with Crippen LogP contribution in [0, 0.1) is 0 Å². The van der Waals surface area contributed by atoms with E-state index in [9.17, 15) is 4.79 Å². The normalized spacial score (nSPS) is 13.9. The Morgan fingerprint density at radius 3 is 2.43 bits per heavy atom. The fourth-order valence-electron chi connectivity index (χ4n) is 3.13. The maximum atomic E-state index is 12.3. The Morgan fingerprint density at radius 2 is 1.75 bits per heavy atom. The van der Waals surface area contributed by atoms with Crippen molar-refractivity contribution in [2.24, 2.45) is 0 Å². The molecule has 1 fully saturated rings. The van der Waals surface area contributed by atoms with Gasteiger partial charge in [-0.1, -0.05) is 18.2 Å². The predicted molar refractivity (Wildman–Crippen MR) is 115 cm³/mol. The molecule has 0 atom stereocenters. The van der Waals surface area contributed by atoms with Gasteiger partial charge in [-0.2, -0.15) is 11.8 Å². The van der Waals surface area contributed by atoms with Crippen molar-refractivity contribution < 1.29 is 4.79 Å². The second-order valence-electron chi connectivity index (χ2n) is 6.59. The van der Waals surface area contributed by atoms with Crippen LogP contribution in [-0.2, 0) is 6.54 Å². The first-order valence-corrected chi connectivity index (χ1v) is 10.5. The summed E-state index contributed by atoms with van der Waals surface area (Å²) in [5.74, 6) is 3.25. The van der Waals surface area contributed by atoms with Crippen molar-refractivity contribution in [1.29, 1.82) is 0 Å². The van der Waals surface area contributed by atoms with Gasteiger partial charge < -0.3 is 10.2 Å². The zero-order valence-corrected chi connectivity index (χ0v) is 16.4. The highest BCUT2D eigenvalue weighted by atomic mass is 32.2. The zero-order chi connectivity index (χ0) is 19.2. The summed E-state index contributed by atoms with van der Waals surface area (Å²) in [6.45, 7) is 2.53. The smallest absolute Gasteiger partial charge is 0.251 e. The van der Waals surface area contributed by atoms with E-state index in [1.54, 1.807) is 6.20 Å². The lowest BCUT2D eigenvalue weighted by molar-refractivity contribution is 0.0950. The van der Waals surface area contributed by atoms with Crippen molar-refractivity contribution in [3.05, 3.63) is 78.2 Å². The van der Waals surface area contributed by atoms with Gasteiger partial charge in [-0.05, 0) is 42.0 Å². The third kappa shape index (κ3) is 4.51. The number of carbonyl (C=O) groups excluding carboxylic acids is 1. The summed E-state index contributed by atoms with van der Waals surface area (Å²) in [7, 11) is 0. The second kappa shape index (κ2) is 8.89. The first-order valence-electron chi connectivity index (χ1n) is 9.37. The van der Waals surface area contributed by atoms with E-state index in [-0.39, 0.29) is 5.91 Å². The number of amides is 1. The van der Waals surface area contributed by atoms with Crippen LogP contribution in [0.25, 0.3) is 11.1 Å². The molecule has 4 rings (SSSR count). The molecule has 0 saturated carbocycles. The van der Waals surface area contributed by atoms with Crippen LogP contribution in [0.1, 0.15) is 16.1 Å². The predicted octanol–water partition coefficient (Wildman–Crippen LogP) is 3.63. The summed E-state index contributed by atoms with van der Waals surface area (Å²) >= 11 is 1.99. The molecule has 0 bridgehead atoms. The minimum atomic E-state index is -0.103. The monoisotopic (exact) mass is 390 g/mol. The molecule has 142 valence electrons. The highest BCUT2D eigenvalue weighted by molar-refractivity contribution is 7.99. The van der Waals surface area contributed by atoms with Gasteiger partial charge in [0, 0.05) is 48.1 Å². The third-order valence-corrected chi connectivity index (χ3v) is 5.66. The van der Waals surface area contributed by atoms with E-state index in [1.807, 2.05) is 60.4 Å². The van der Waals surface area contributed by atoms with Gasteiger partial charge in [-0.15, -0.1) is 0 Å². The Morgan fingerprint density at radius 1 is 0.964 bits per heavy atom. The molecule has 0 spiro atoms. The van der Waals surface area contributed by atoms with Crippen LogP contribution in [0.4, 0.5) is 5.82 Å². The van der Waals surface area contributed by atoms with Gasteiger partial charge in [0.2, 0.25) is 0 Å². The molecule has 5 nitrogen and oxygen atoms in total. The number of carbonyl (C=O) groups is 1. The first-order chi connectivity index (χ1) is 13.8. The number of rotatable bonds is 5. The Bertz CT molecular complexity index is 908. The number of benzene rings is 1. The molecule has 0 unspecified atom stereocenters. The van der Waals surface area contributed by atoms with Gasteiger partial charge in [0.15, 0.2) is 0 Å². The average Bonchev–Trinajstić information content (AvgIpc) is 2.79. The van der Waals surface area contributed by atoms with Crippen LogP contribution < -0.4 is 10.2 Å². The lowest BCUT2D eigenvalue weighted by Gasteiger charge is -2.27. The standard InChI is InChI=1S/C22H22N4OS/c27-22(25-16-20-3-1-2-10-23-20)18-6-4-17(5-7-18)19-8-9-21(24-15-19)26-11-13-28-14-12-26/h1-10,15H,11-14,16H2,(H,25,27). The van der Waals surface area contributed by atoms with E-state index >= 15 is 0 Å². The van der Waals surface area contributed by atoms with E-state index in [0.29, 0.717) is 12.1 Å². The summed E-state index contributed by atoms with van der Waals surface area (Å²) in [5, 5.41) is 2.90. The van der Waals surface area contributed by atoms with E-state index in [2.05, 4.69) is 32.3 Å². The number of pyridine rings is 2. The van der Waals surface area contributed by atoms with Crippen molar-refractivity contribution in [2.75, 3.05) is 29.5 Å². The molecule has 1 N–H and O–H groups in total. The van der Waals surface area contributed by atoms with Crippen LogP contribution in [0.3, 0.4) is 0 Å². The highest BCUT2D eigenvalue weighted by Gasteiger charge is 2.12. The largest absolute Gasteiger partial charge is 0.355 e. The van der Waals surface area contributed by atoms with Crippen LogP contribution in [-0.4, -0.2) is 40.5 Å². The van der Waals surface area contributed by atoms with Gasteiger partial charge in [0.1, 0.15) is 5.82 Å². The number of anilines is 1. The molecule has 6 heteroatoms. The quantitative estimate of drug-likeness (QED) is 0.721. The second-order valence-corrected chi connectivity index (χ2v) is 7.81.